The SMILES string of the molecule is Cc1cc(F)ccc1NC(=O)[C@H](C)N1C(=O)c2cccc([N+](=O)[O-])c2C1=O. The van der Waals surface area contributed by atoms with Gasteiger partial charge in [0, 0.05) is 11.8 Å². The van der Waals surface area contributed by atoms with Crippen LogP contribution in [-0.4, -0.2) is 33.6 Å². The van der Waals surface area contributed by atoms with Gasteiger partial charge in [0.05, 0.1) is 10.5 Å². The second kappa shape index (κ2) is 6.60. The summed E-state index contributed by atoms with van der Waals surface area (Å²) in [4.78, 5) is 48.8. The van der Waals surface area contributed by atoms with Crippen LogP contribution in [0.4, 0.5) is 15.8 Å². The standard InChI is InChI=1S/C18H14FN3O5/c1-9-8-11(19)6-7-13(9)20-16(23)10(2)21-17(24)12-4-3-5-14(22(26)27)15(12)18(21)25/h3-8,10H,1-2H3,(H,20,23)/t10-/m0/s1. The molecule has 0 unspecified atom stereocenters. The Morgan fingerprint density at radius 2 is 1.93 bits per heavy atom. The van der Waals surface area contributed by atoms with Crippen LogP contribution in [0.25, 0.3) is 0 Å². The number of carbonyl (C=O) groups excluding carboxylic acids is 3. The molecule has 0 saturated carbocycles. The van der Waals surface area contributed by atoms with Gasteiger partial charge in [0.1, 0.15) is 17.4 Å². The van der Waals surface area contributed by atoms with Crippen molar-refractivity contribution in [3.8, 4) is 0 Å². The first-order valence-corrected chi connectivity index (χ1v) is 7.94. The van der Waals surface area contributed by atoms with Crippen molar-refractivity contribution in [1.82, 2.24) is 4.90 Å². The van der Waals surface area contributed by atoms with Crippen molar-refractivity contribution in [2.75, 3.05) is 5.32 Å². The molecule has 3 amide bonds. The molecule has 2 aromatic carbocycles. The number of amides is 3. The number of nitrogens with zero attached hydrogens (tertiary/aromatic N) is 2. The molecule has 1 N–H and O–H groups in total. The lowest BCUT2D eigenvalue weighted by Crippen LogP contribution is -2.45. The lowest BCUT2D eigenvalue weighted by molar-refractivity contribution is -0.385. The van der Waals surface area contributed by atoms with Crippen LogP contribution in [0, 0.1) is 22.9 Å². The van der Waals surface area contributed by atoms with E-state index in [0.717, 1.165) is 6.07 Å². The second-order valence-corrected chi connectivity index (χ2v) is 6.06. The molecule has 0 saturated heterocycles. The zero-order valence-electron chi connectivity index (χ0n) is 14.4. The largest absolute Gasteiger partial charge is 0.324 e. The Balaban J connectivity index is 1.89. The van der Waals surface area contributed by atoms with E-state index in [1.807, 2.05) is 0 Å². The molecule has 0 aromatic heterocycles. The molecule has 0 fully saturated rings. The third-order valence-corrected chi connectivity index (χ3v) is 4.33. The van der Waals surface area contributed by atoms with Gasteiger partial charge in [0.15, 0.2) is 0 Å². The maximum Gasteiger partial charge on any atom is 0.282 e. The number of nitro groups is 1. The Kier molecular flexibility index (Phi) is 4.44. The van der Waals surface area contributed by atoms with E-state index in [4.69, 9.17) is 0 Å². The Morgan fingerprint density at radius 3 is 2.56 bits per heavy atom. The summed E-state index contributed by atoms with van der Waals surface area (Å²) in [5.41, 5.74) is -0.142. The smallest absolute Gasteiger partial charge is 0.282 e. The van der Waals surface area contributed by atoms with E-state index in [9.17, 15) is 28.9 Å². The normalized spacial score (nSPS) is 14.1. The van der Waals surface area contributed by atoms with Gasteiger partial charge in [-0.05, 0) is 43.7 Å². The predicted octanol–water partition coefficient (Wildman–Crippen LogP) is 2.67. The van der Waals surface area contributed by atoms with Crippen molar-refractivity contribution >= 4 is 29.1 Å². The average molecular weight is 371 g/mol. The molecule has 1 heterocycles. The fourth-order valence-electron chi connectivity index (χ4n) is 2.91. The minimum atomic E-state index is -1.22. The van der Waals surface area contributed by atoms with Gasteiger partial charge in [-0.25, -0.2) is 4.39 Å². The number of imide groups is 1. The van der Waals surface area contributed by atoms with Crippen LogP contribution >= 0.6 is 0 Å². The van der Waals surface area contributed by atoms with Gasteiger partial charge in [-0.1, -0.05) is 6.07 Å². The number of nitro benzene ring substituents is 1. The molecule has 0 aliphatic carbocycles. The topological polar surface area (TPSA) is 110 Å². The first kappa shape index (κ1) is 18.2. The third kappa shape index (κ3) is 3.03. The minimum absolute atomic E-state index is 0.119. The summed E-state index contributed by atoms with van der Waals surface area (Å²) in [6.07, 6.45) is 0. The Bertz CT molecular complexity index is 1000. The van der Waals surface area contributed by atoms with Crippen molar-refractivity contribution in [2.45, 2.75) is 19.9 Å². The lowest BCUT2D eigenvalue weighted by atomic mass is 10.1. The van der Waals surface area contributed by atoms with Crippen LogP contribution in [0.1, 0.15) is 33.2 Å². The number of carbonyl (C=O) groups is 3. The minimum Gasteiger partial charge on any atom is -0.324 e. The highest BCUT2D eigenvalue weighted by Gasteiger charge is 2.44. The molecule has 3 rings (SSSR count). The number of benzene rings is 2. The van der Waals surface area contributed by atoms with Crippen LogP contribution in [0.3, 0.4) is 0 Å². The van der Waals surface area contributed by atoms with Crippen molar-refractivity contribution in [3.63, 3.8) is 0 Å². The summed E-state index contributed by atoms with van der Waals surface area (Å²) in [6.45, 7) is 2.93. The number of hydrogen-bond acceptors (Lipinski definition) is 5. The number of aryl methyl sites for hydroxylation is 1. The first-order chi connectivity index (χ1) is 12.7. The highest BCUT2D eigenvalue weighted by Crippen LogP contribution is 2.32. The molecular weight excluding hydrogens is 357 g/mol. The van der Waals surface area contributed by atoms with E-state index in [1.54, 1.807) is 6.92 Å². The molecule has 2 aromatic rings. The highest BCUT2D eigenvalue weighted by molar-refractivity contribution is 6.24. The zero-order chi connectivity index (χ0) is 19.9. The van der Waals surface area contributed by atoms with Crippen molar-refractivity contribution in [3.05, 3.63) is 69.0 Å². The van der Waals surface area contributed by atoms with Crippen LogP contribution in [0.5, 0.6) is 0 Å². The van der Waals surface area contributed by atoms with E-state index in [-0.39, 0.29) is 11.1 Å². The number of halogens is 1. The molecule has 0 radical (unpaired) electrons. The Morgan fingerprint density at radius 1 is 1.22 bits per heavy atom. The molecule has 0 spiro atoms. The fourth-order valence-corrected chi connectivity index (χ4v) is 2.91. The number of rotatable bonds is 4. The van der Waals surface area contributed by atoms with E-state index in [0.29, 0.717) is 16.2 Å². The van der Waals surface area contributed by atoms with E-state index in [2.05, 4.69) is 5.32 Å². The Hall–Kier alpha value is -3.62. The fraction of sp³-hybridized carbons (Fsp3) is 0.167. The summed E-state index contributed by atoms with van der Waals surface area (Å²) in [7, 11) is 0. The molecule has 1 atom stereocenters. The number of nitrogens with one attached hydrogen (secondary N) is 1. The number of anilines is 1. The molecule has 1 aliphatic rings. The number of hydrogen-bond donors (Lipinski definition) is 1. The quantitative estimate of drug-likeness (QED) is 0.505. The summed E-state index contributed by atoms with van der Waals surface area (Å²) >= 11 is 0. The van der Waals surface area contributed by atoms with Crippen molar-refractivity contribution in [1.29, 1.82) is 0 Å². The highest BCUT2D eigenvalue weighted by atomic mass is 19.1. The molecule has 8 nitrogen and oxygen atoms in total. The molecule has 1 aliphatic heterocycles. The third-order valence-electron chi connectivity index (χ3n) is 4.33. The van der Waals surface area contributed by atoms with Gasteiger partial charge in [0.25, 0.3) is 17.5 Å². The summed E-state index contributed by atoms with van der Waals surface area (Å²) in [5.74, 6) is -2.83. The van der Waals surface area contributed by atoms with Gasteiger partial charge in [-0.15, -0.1) is 0 Å². The molecular formula is C18H14FN3O5. The Labute approximate surface area is 152 Å². The van der Waals surface area contributed by atoms with Crippen LogP contribution in [-0.2, 0) is 4.79 Å². The van der Waals surface area contributed by atoms with Gasteiger partial charge < -0.3 is 5.32 Å². The maximum absolute atomic E-state index is 13.2. The second-order valence-electron chi connectivity index (χ2n) is 6.06. The molecule has 138 valence electrons. The average Bonchev–Trinajstić information content (AvgIpc) is 2.87. The van der Waals surface area contributed by atoms with Gasteiger partial charge in [-0.3, -0.25) is 29.4 Å². The van der Waals surface area contributed by atoms with E-state index < -0.39 is 40.2 Å². The van der Waals surface area contributed by atoms with Gasteiger partial charge >= 0.3 is 0 Å². The van der Waals surface area contributed by atoms with Crippen molar-refractivity contribution < 1.29 is 23.7 Å². The van der Waals surface area contributed by atoms with Gasteiger partial charge in [-0.2, -0.15) is 0 Å². The van der Waals surface area contributed by atoms with Crippen LogP contribution in [0.2, 0.25) is 0 Å². The maximum atomic E-state index is 13.2. The van der Waals surface area contributed by atoms with Crippen LogP contribution < -0.4 is 5.32 Å². The van der Waals surface area contributed by atoms with Crippen molar-refractivity contribution in [2.24, 2.45) is 0 Å². The zero-order valence-corrected chi connectivity index (χ0v) is 14.4. The number of fused-ring (bicyclic) bond motifs is 1. The van der Waals surface area contributed by atoms with E-state index in [1.165, 1.54) is 37.3 Å². The monoisotopic (exact) mass is 371 g/mol. The van der Waals surface area contributed by atoms with Gasteiger partial charge in [0.2, 0.25) is 5.91 Å². The summed E-state index contributed by atoms with van der Waals surface area (Å²) in [5, 5.41) is 13.7. The lowest BCUT2D eigenvalue weighted by Gasteiger charge is -2.22. The molecule has 27 heavy (non-hydrogen) atoms. The first-order valence-electron chi connectivity index (χ1n) is 7.94. The predicted molar refractivity (Wildman–Crippen MR) is 92.8 cm³/mol. The molecule has 0 bridgehead atoms. The van der Waals surface area contributed by atoms with Crippen LogP contribution in [0.15, 0.2) is 36.4 Å². The van der Waals surface area contributed by atoms with E-state index >= 15 is 0 Å². The summed E-state index contributed by atoms with van der Waals surface area (Å²) < 4.78 is 13.2. The summed E-state index contributed by atoms with van der Waals surface area (Å²) in [6, 6.07) is 6.27. The molecule has 9 heteroatoms.